The van der Waals surface area contributed by atoms with Gasteiger partial charge in [0.25, 0.3) is 0 Å². The number of nitrogens with one attached hydrogen (secondary N) is 1. The zero-order valence-electron chi connectivity index (χ0n) is 9.49. The highest BCUT2D eigenvalue weighted by molar-refractivity contribution is 5.83. The van der Waals surface area contributed by atoms with E-state index in [1.165, 1.54) is 12.8 Å². The van der Waals surface area contributed by atoms with Crippen LogP contribution in [0.2, 0.25) is 0 Å². The van der Waals surface area contributed by atoms with Crippen molar-refractivity contribution in [3.8, 4) is 0 Å². The van der Waals surface area contributed by atoms with Crippen LogP contribution in [0.5, 0.6) is 0 Å². The molecule has 0 aromatic rings. The maximum absolute atomic E-state index is 11.1. The van der Waals surface area contributed by atoms with Crippen molar-refractivity contribution in [2.24, 2.45) is 23.5 Å². The number of hydrogen-bond acceptors (Lipinski definition) is 2. The third-order valence-electron chi connectivity index (χ3n) is 3.84. The summed E-state index contributed by atoms with van der Waals surface area (Å²) in [6.45, 7) is 4.60. The van der Waals surface area contributed by atoms with Crippen molar-refractivity contribution in [2.45, 2.75) is 32.2 Å². The fourth-order valence-electron chi connectivity index (χ4n) is 2.60. The molecule has 0 saturated heterocycles. The summed E-state index contributed by atoms with van der Waals surface area (Å²) in [4.78, 5) is 11.1. The number of fused-ring (bicyclic) bond motifs is 2. The van der Waals surface area contributed by atoms with Gasteiger partial charge in [-0.1, -0.05) is 12.2 Å². The van der Waals surface area contributed by atoms with E-state index < -0.39 is 5.54 Å². The molecule has 0 heterocycles. The summed E-state index contributed by atoms with van der Waals surface area (Å²) in [5.41, 5.74) is 4.74. The molecular weight excluding hydrogens is 188 g/mol. The van der Waals surface area contributed by atoms with Crippen molar-refractivity contribution in [3.63, 3.8) is 0 Å². The van der Waals surface area contributed by atoms with Gasteiger partial charge in [0, 0.05) is 0 Å². The standard InChI is InChI=1S/C12H20N2O/c1-12(2,11(13)15)14-7-10-6-8-3-4-9(10)5-8/h3-4,8-10,14H,5-7H2,1-2H3,(H2,13,15). The molecule has 15 heavy (non-hydrogen) atoms. The van der Waals surface area contributed by atoms with Crippen LogP contribution in [0.4, 0.5) is 0 Å². The molecule has 3 N–H and O–H groups in total. The smallest absolute Gasteiger partial charge is 0.237 e. The molecule has 3 heteroatoms. The number of hydrogen-bond donors (Lipinski definition) is 2. The molecule has 3 nitrogen and oxygen atoms in total. The number of primary amides is 1. The first-order valence-electron chi connectivity index (χ1n) is 5.72. The number of carbonyl (C=O) groups excluding carboxylic acids is 1. The van der Waals surface area contributed by atoms with Gasteiger partial charge in [-0.15, -0.1) is 0 Å². The highest BCUT2D eigenvalue weighted by atomic mass is 16.1. The molecule has 1 fully saturated rings. The van der Waals surface area contributed by atoms with Crippen molar-refractivity contribution in [2.75, 3.05) is 6.54 Å². The van der Waals surface area contributed by atoms with E-state index in [9.17, 15) is 4.79 Å². The molecule has 1 amide bonds. The van der Waals surface area contributed by atoms with Crippen LogP contribution in [0, 0.1) is 17.8 Å². The normalized spacial score (nSPS) is 33.6. The lowest BCUT2D eigenvalue weighted by molar-refractivity contribution is -0.123. The molecular formula is C12H20N2O. The predicted octanol–water partition coefficient (Wildman–Crippen LogP) is 1.05. The van der Waals surface area contributed by atoms with E-state index in [0.717, 1.165) is 18.4 Å². The maximum Gasteiger partial charge on any atom is 0.237 e. The van der Waals surface area contributed by atoms with Gasteiger partial charge >= 0.3 is 0 Å². The van der Waals surface area contributed by atoms with Gasteiger partial charge in [-0.25, -0.2) is 0 Å². The Morgan fingerprint density at radius 3 is 2.67 bits per heavy atom. The fraction of sp³-hybridized carbons (Fsp3) is 0.750. The van der Waals surface area contributed by atoms with Crippen molar-refractivity contribution >= 4 is 5.91 Å². The van der Waals surface area contributed by atoms with Gasteiger partial charge in [0.1, 0.15) is 0 Å². The van der Waals surface area contributed by atoms with Gasteiger partial charge in [0.2, 0.25) is 5.91 Å². The molecule has 2 aliphatic rings. The second-order valence-electron chi connectivity index (χ2n) is 5.41. The Morgan fingerprint density at radius 1 is 1.47 bits per heavy atom. The van der Waals surface area contributed by atoms with E-state index in [-0.39, 0.29) is 5.91 Å². The molecule has 3 atom stereocenters. The molecule has 2 rings (SSSR count). The quantitative estimate of drug-likeness (QED) is 0.679. The Kier molecular flexibility index (Phi) is 2.59. The molecule has 1 saturated carbocycles. The molecule has 0 spiro atoms. The van der Waals surface area contributed by atoms with Crippen LogP contribution in [0.15, 0.2) is 12.2 Å². The highest BCUT2D eigenvalue weighted by Crippen LogP contribution is 2.43. The molecule has 0 aromatic heterocycles. The van der Waals surface area contributed by atoms with Crippen LogP contribution in [-0.2, 0) is 4.79 Å². The van der Waals surface area contributed by atoms with Crippen LogP contribution in [0.1, 0.15) is 26.7 Å². The molecule has 84 valence electrons. The maximum atomic E-state index is 11.1. The van der Waals surface area contributed by atoms with Gasteiger partial charge in [-0.05, 0) is 51.0 Å². The number of rotatable bonds is 4. The second-order valence-corrected chi connectivity index (χ2v) is 5.41. The molecule has 2 aliphatic carbocycles. The van der Waals surface area contributed by atoms with Crippen LogP contribution < -0.4 is 11.1 Å². The van der Waals surface area contributed by atoms with Crippen LogP contribution >= 0.6 is 0 Å². The third kappa shape index (κ3) is 2.07. The third-order valence-corrected chi connectivity index (χ3v) is 3.84. The Hall–Kier alpha value is -0.830. The Morgan fingerprint density at radius 2 is 2.20 bits per heavy atom. The van der Waals surface area contributed by atoms with Gasteiger partial charge in [0.15, 0.2) is 0 Å². The lowest BCUT2D eigenvalue weighted by Gasteiger charge is -2.26. The van der Waals surface area contributed by atoms with Crippen LogP contribution in [0.25, 0.3) is 0 Å². The van der Waals surface area contributed by atoms with E-state index in [1.807, 2.05) is 13.8 Å². The lowest BCUT2D eigenvalue weighted by Crippen LogP contribution is -2.52. The van der Waals surface area contributed by atoms with Gasteiger partial charge < -0.3 is 11.1 Å². The Bertz CT molecular complexity index is 296. The van der Waals surface area contributed by atoms with Gasteiger partial charge in [-0.2, -0.15) is 0 Å². The Labute approximate surface area is 91.1 Å². The first-order valence-corrected chi connectivity index (χ1v) is 5.72. The SMILES string of the molecule is CC(C)(NCC1CC2C=CC1C2)C(N)=O. The highest BCUT2D eigenvalue weighted by Gasteiger charge is 2.36. The minimum atomic E-state index is -0.578. The van der Waals surface area contributed by atoms with Gasteiger partial charge in [-0.3, -0.25) is 4.79 Å². The first kappa shape index (κ1) is 10.7. The largest absolute Gasteiger partial charge is 0.368 e. The summed E-state index contributed by atoms with van der Waals surface area (Å²) < 4.78 is 0. The molecule has 0 radical (unpaired) electrons. The molecule has 0 aliphatic heterocycles. The summed E-state index contributed by atoms with van der Waals surface area (Å²) in [5, 5.41) is 3.28. The fourth-order valence-corrected chi connectivity index (χ4v) is 2.60. The Balaban J connectivity index is 1.84. The lowest BCUT2D eigenvalue weighted by atomic mass is 9.92. The van der Waals surface area contributed by atoms with Crippen molar-refractivity contribution in [1.82, 2.24) is 5.32 Å². The zero-order valence-corrected chi connectivity index (χ0v) is 9.49. The van der Waals surface area contributed by atoms with E-state index in [2.05, 4.69) is 17.5 Å². The monoisotopic (exact) mass is 208 g/mol. The van der Waals surface area contributed by atoms with E-state index in [1.54, 1.807) is 0 Å². The summed E-state index contributed by atoms with van der Waals surface area (Å²) >= 11 is 0. The summed E-state index contributed by atoms with van der Waals surface area (Å²) in [5.74, 6) is 1.93. The van der Waals surface area contributed by atoms with Crippen LogP contribution in [0.3, 0.4) is 0 Å². The summed E-state index contributed by atoms with van der Waals surface area (Å²) in [6, 6.07) is 0. The zero-order chi connectivity index (χ0) is 11.1. The van der Waals surface area contributed by atoms with E-state index in [4.69, 9.17) is 5.73 Å². The number of carbonyl (C=O) groups is 1. The number of allylic oxidation sites excluding steroid dienone is 2. The minimum Gasteiger partial charge on any atom is -0.368 e. The van der Waals surface area contributed by atoms with E-state index in [0.29, 0.717) is 5.92 Å². The number of amides is 1. The second kappa shape index (κ2) is 3.63. The number of nitrogens with two attached hydrogens (primary N) is 1. The minimum absolute atomic E-state index is 0.277. The predicted molar refractivity (Wildman–Crippen MR) is 60.1 cm³/mol. The molecule has 2 bridgehead atoms. The average molecular weight is 208 g/mol. The first-order chi connectivity index (χ1) is 6.99. The summed E-state index contributed by atoms with van der Waals surface area (Å²) in [6.07, 6.45) is 7.24. The van der Waals surface area contributed by atoms with Crippen LogP contribution in [-0.4, -0.2) is 18.0 Å². The van der Waals surface area contributed by atoms with Crippen molar-refractivity contribution in [1.29, 1.82) is 0 Å². The summed E-state index contributed by atoms with van der Waals surface area (Å²) in [7, 11) is 0. The molecule has 0 aromatic carbocycles. The molecule has 3 unspecified atom stereocenters. The topological polar surface area (TPSA) is 55.1 Å². The van der Waals surface area contributed by atoms with E-state index >= 15 is 0 Å². The van der Waals surface area contributed by atoms with Crippen molar-refractivity contribution in [3.05, 3.63) is 12.2 Å². The average Bonchev–Trinajstić information content (AvgIpc) is 2.75. The van der Waals surface area contributed by atoms with Crippen molar-refractivity contribution < 1.29 is 4.79 Å². The van der Waals surface area contributed by atoms with Gasteiger partial charge in [0.05, 0.1) is 5.54 Å².